The highest BCUT2D eigenvalue weighted by Gasteiger charge is 2.18. The van der Waals surface area contributed by atoms with Gasteiger partial charge in [0.15, 0.2) is 0 Å². The predicted octanol–water partition coefficient (Wildman–Crippen LogP) is 3.59. The maximum atomic E-state index is 4.78. The summed E-state index contributed by atoms with van der Waals surface area (Å²) in [6, 6.07) is 8.24. The molecule has 0 radical (unpaired) electrons. The van der Waals surface area contributed by atoms with Crippen molar-refractivity contribution in [3.8, 4) is 10.6 Å². The maximum Gasteiger partial charge on any atom is 0.128 e. The van der Waals surface area contributed by atoms with Crippen LogP contribution in [0, 0.1) is 0 Å². The molecular formula is C17H18N4S2. The largest absolute Gasteiger partial charge is 0.354 e. The van der Waals surface area contributed by atoms with Crippen LogP contribution in [0.4, 0.5) is 5.82 Å². The molecule has 1 saturated heterocycles. The van der Waals surface area contributed by atoms with Crippen molar-refractivity contribution < 1.29 is 0 Å². The number of piperazine rings is 1. The molecule has 3 aromatic rings. The van der Waals surface area contributed by atoms with Crippen molar-refractivity contribution in [1.29, 1.82) is 0 Å². The minimum atomic E-state index is 0.941. The molecule has 0 spiro atoms. The van der Waals surface area contributed by atoms with E-state index in [-0.39, 0.29) is 0 Å². The van der Waals surface area contributed by atoms with Crippen LogP contribution in [0.3, 0.4) is 0 Å². The zero-order chi connectivity index (χ0) is 15.5. The van der Waals surface area contributed by atoms with Gasteiger partial charge in [0, 0.05) is 55.2 Å². The highest BCUT2D eigenvalue weighted by atomic mass is 32.1. The number of thiazole rings is 1. The normalized spacial score (nSPS) is 15.9. The van der Waals surface area contributed by atoms with Gasteiger partial charge in [-0.1, -0.05) is 6.07 Å². The molecule has 0 unspecified atom stereocenters. The Morgan fingerprint density at radius 2 is 1.96 bits per heavy atom. The molecule has 4 rings (SSSR count). The fourth-order valence-corrected chi connectivity index (χ4v) is 4.33. The minimum absolute atomic E-state index is 0.941. The second-order valence-electron chi connectivity index (χ2n) is 5.61. The first-order valence-electron chi connectivity index (χ1n) is 7.74. The minimum Gasteiger partial charge on any atom is -0.354 e. The van der Waals surface area contributed by atoms with Gasteiger partial charge < -0.3 is 4.90 Å². The molecule has 0 amide bonds. The van der Waals surface area contributed by atoms with Gasteiger partial charge in [0.05, 0.1) is 5.69 Å². The van der Waals surface area contributed by atoms with Crippen LogP contribution in [0.15, 0.2) is 46.6 Å². The van der Waals surface area contributed by atoms with Crippen LogP contribution < -0.4 is 4.90 Å². The quantitative estimate of drug-likeness (QED) is 0.725. The number of anilines is 1. The summed E-state index contributed by atoms with van der Waals surface area (Å²) >= 11 is 3.46. The Kier molecular flexibility index (Phi) is 4.37. The van der Waals surface area contributed by atoms with E-state index in [2.05, 4.69) is 49.1 Å². The molecule has 3 aromatic heterocycles. The highest BCUT2D eigenvalue weighted by molar-refractivity contribution is 7.14. The Morgan fingerprint density at radius 1 is 1.04 bits per heavy atom. The first-order valence-corrected chi connectivity index (χ1v) is 9.56. The molecule has 0 N–H and O–H groups in total. The summed E-state index contributed by atoms with van der Waals surface area (Å²) in [4.78, 5) is 14.1. The van der Waals surface area contributed by atoms with Crippen molar-refractivity contribution in [2.45, 2.75) is 6.54 Å². The van der Waals surface area contributed by atoms with Gasteiger partial charge >= 0.3 is 0 Å². The van der Waals surface area contributed by atoms with E-state index < -0.39 is 0 Å². The van der Waals surface area contributed by atoms with Crippen LogP contribution in [0.2, 0.25) is 0 Å². The summed E-state index contributed by atoms with van der Waals surface area (Å²) in [5.74, 6) is 1.08. The predicted molar refractivity (Wildman–Crippen MR) is 97.2 cm³/mol. The first kappa shape index (κ1) is 14.8. The lowest BCUT2D eigenvalue weighted by Crippen LogP contribution is -2.46. The smallest absolute Gasteiger partial charge is 0.128 e. The van der Waals surface area contributed by atoms with Crippen LogP contribution >= 0.6 is 22.7 Å². The fraction of sp³-hybridized carbons (Fsp3) is 0.294. The van der Waals surface area contributed by atoms with E-state index in [0.717, 1.165) is 43.5 Å². The molecule has 1 aliphatic heterocycles. The third-order valence-corrected chi connectivity index (χ3v) is 5.67. The Hall–Kier alpha value is -1.76. The third kappa shape index (κ3) is 3.44. The average Bonchev–Trinajstić information content (AvgIpc) is 3.28. The van der Waals surface area contributed by atoms with Crippen LogP contribution in [0.25, 0.3) is 10.6 Å². The average molecular weight is 342 g/mol. The molecule has 0 saturated carbocycles. The van der Waals surface area contributed by atoms with E-state index in [0.29, 0.717) is 0 Å². The summed E-state index contributed by atoms with van der Waals surface area (Å²) in [7, 11) is 0. The van der Waals surface area contributed by atoms with Crippen LogP contribution in [-0.2, 0) is 6.54 Å². The van der Waals surface area contributed by atoms with Gasteiger partial charge in [-0.3, -0.25) is 4.90 Å². The Bertz CT molecular complexity index is 731. The number of aromatic nitrogens is 2. The summed E-state index contributed by atoms with van der Waals surface area (Å²) in [5, 5.41) is 7.59. The molecular weight excluding hydrogens is 324 g/mol. The standard InChI is InChI=1S/C17H18N4S2/c1-2-5-18-16(3-1)21-8-6-20(7-9-21)11-15-13-23-17(19-15)14-4-10-22-12-14/h1-5,10,12-13H,6-9,11H2. The molecule has 0 aliphatic carbocycles. The van der Waals surface area contributed by atoms with E-state index >= 15 is 0 Å². The molecule has 118 valence electrons. The number of pyridine rings is 1. The Morgan fingerprint density at radius 3 is 2.70 bits per heavy atom. The summed E-state index contributed by atoms with van der Waals surface area (Å²) in [5.41, 5.74) is 2.42. The van der Waals surface area contributed by atoms with Crippen molar-refractivity contribution in [1.82, 2.24) is 14.9 Å². The Balaban J connectivity index is 1.35. The van der Waals surface area contributed by atoms with Gasteiger partial charge in [0.1, 0.15) is 10.8 Å². The fourth-order valence-electron chi connectivity index (χ4n) is 2.80. The molecule has 23 heavy (non-hydrogen) atoms. The van der Waals surface area contributed by atoms with Crippen molar-refractivity contribution in [2.75, 3.05) is 31.1 Å². The monoisotopic (exact) mass is 342 g/mol. The number of hydrogen-bond acceptors (Lipinski definition) is 6. The van der Waals surface area contributed by atoms with E-state index in [1.165, 1.54) is 11.3 Å². The lowest BCUT2D eigenvalue weighted by atomic mass is 10.3. The molecule has 0 atom stereocenters. The molecule has 4 heterocycles. The Labute approximate surface area is 144 Å². The van der Waals surface area contributed by atoms with E-state index in [1.807, 2.05) is 12.3 Å². The topological polar surface area (TPSA) is 32.3 Å². The summed E-state index contributed by atoms with van der Waals surface area (Å²) in [6.07, 6.45) is 1.86. The SMILES string of the molecule is c1ccc(N2CCN(Cc3csc(-c4ccsc4)n3)CC2)nc1. The van der Waals surface area contributed by atoms with Gasteiger partial charge in [-0.15, -0.1) is 11.3 Å². The zero-order valence-electron chi connectivity index (χ0n) is 12.8. The molecule has 1 fully saturated rings. The van der Waals surface area contributed by atoms with E-state index in [4.69, 9.17) is 4.98 Å². The molecule has 0 aromatic carbocycles. The van der Waals surface area contributed by atoms with Gasteiger partial charge in [-0.2, -0.15) is 11.3 Å². The third-order valence-electron chi connectivity index (χ3n) is 4.05. The molecule has 6 heteroatoms. The second kappa shape index (κ2) is 6.78. The van der Waals surface area contributed by atoms with Crippen molar-refractivity contribution >= 4 is 28.5 Å². The molecule has 1 aliphatic rings. The molecule has 0 bridgehead atoms. The lowest BCUT2D eigenvalue weighted by molar-refractivity contribution is 0.247. The number of rotatable bonds is 4. The van der Waals surface area contributed by atoms with Gasteiger partial charge in [-0.25, -0.2) is 9.97 Å². The second-order valence-corrected chi connectivity index (χ2v) is 7.25. The van der Waals surface area contributed by atoms with Gasteiger partial charge in [0.2, 0.25) is 0 Å². The summed E-state index contributed by atoms with van der Waals surface area (Å²) < 4.78 is 0. The number of hydrogen-bond donors (Lipinski definition) is 0. The number of thiophene rings is 1. The van der Waals surface area contributed by atoms with Gasteiger partial charge in [-0.05, 0) is 23.6 Å². The van der Waals surface area contributed by atoms with E-state index in [1.54, 1.807) is 22.7 Å². The van der Waals surface area contributed by atoms with Crippen molar-refractivity contribution in [3.05, 3.63) is 52.3 Å². The number of nitrogens with zero attached hydrogens (tertiary/aromatic N) is 4. The van der Waals surface area contributed by atoms with Crippen LogP contribution in [-0.4, -0.2) is 41.0 Å². The molecule has 4 nitrogen and oxygen atoms in total. The van der Waals surface area contributed by atoms with E-state index in [9.17, 15) is 0 Å². The zero-order valence-corrected chi connectivity index (χ0v) is 14.4. The van der Waals surface area contributed by atoms with Crippen molar-refractivity contribution in [3.63, 3.8) is 0 Å². The lowest BCUT2D eigenvalue weighted by Gasteiger charge is -2.35. The highest BCUT2D eigenvalue weighted by Crippen LogP contribution is 2.26. The van der Waals surface area contributed by atoms with Crippen molar-refractivity contribution in [2.24, 2.45) is 0 Å². The van der Waals surface area contributed by atoms with Crippen LogP contribution in [0.1, 0.15) is 5.69 Å². The van der Waals surface area contributed by atoms with Crippen LogP contribution in [0.5, 0.6) is 0 Å². The summed E-state index contributed by atoms with van der Waals surface area (Å²) in [6.45, 7) is 5.11. The van der Waals surface area contributed by atoms with Gasteiger partial charge in [0.25, 0.3) is 0 Å². The first-order chi connectivity index (χ1) is 11.4. The maximum absolute atomic E-state index is 4.78.